The molecule has 17 nitrogen and oxygen atoms in total. The standard InChI is InChI=1S/C49H69FN4O13/c1-13-18-22-63-39-33-28(24-27-25-30-37(52(12)17-5)40-34(43(51-67-40)64-23-19-14-2)42(57)49(30,62)41(56)32(27)38(33)55)35(50)29(26-31(44(58)59)53(20-15-3)21-16-4)36(39)54(45(60)65-47(6,7)8)46(61)66-48(9,10)11/h15,27,30-31,37,55,62H,3,13-14,16-26H2,1-2,4-12H3,(H,58,59)/t27-,30-,31?,37-,49-/m0/s1. The van der Waals surface area contributed by atoms with Crippen molar-refractivity contribution in [1.82, 2.24) is 15.0 Å². The summed E-state index contributed by atoms with van der Waals surface area (Å²) in [5, 5.41) is 40.3. The molecule has 0 saturated heterocycles. The van der Waals surface area contributed by atoms with E-state index in [1.807, 2.05) is 27.7 Å². The first kappa shape index (κ1) is 52.6. The minimum atomic E-state index is -2.79. The minimum Gasteiger partial charge on any atom is -0.507 e. The summed E-state index contributed by atoms with van der Waals surface area (Å²) in [4.78, 5) is 76.0. The van der Waals surface area contributed by atoms with Crippen LogP contribution in [0.5, 0.6) is 11.6 Å². The molecule has 2 aromatic rings. The number of carbonyl (C=O) groups is 5. The van der Waals surface area contributed by atoms with E-state index in [1.165, 1.54) is 6.08 Å². The van der Waals surface area contributed by atoms with Crippen LogP contribution in [0, 0.1) is 17.7 Å². The average Bonchev–Trinajstić information content (AvgIpc) is 3.65. The van der Waals surface area contributed by atoms with E-state index in [1.54, 1.807) is 58.4 Å². The third-order valence-corrected chi connectivity index (χ3v) is 12.3. The van der Waals surface area contributed by atoms with Crippen molar-refractivity contribution in [2.75, 3.05) is 44.8 Å². The van der Waals surface area contributed by atoms with Crippen LogP contribution in [-0.4, -0.2) is 123 Å². The van der Waals surface area contributed by atoms with Crippen LogP contribution in [0.25, 0.3) is 5.76 Å². The van der Waals surface area contributed by atoms with Gasteiger partial charge in [-0.3, -0.25) is 24.2 Å². The molecule has 370 valence electrons. The van der Waals surface area contributed by atoms with Crippen molar-refractivity contribution in [2.45, 2.75) is 149 Å². The summed E-state index contributed by atoms with van der Waals surface area (Å²) in [5.41, 5.74) is -7.53. The van der Waals surface area contributed by atoms with Gasteiger partial charge in [-0.1, -0.05) is 46.6 Å². The minimum absolute atomic E-state index is 0.0845. The zero-order valence-corrected chi connectivity index (χ0v) is 40.9. The Morgan fingerprint density at radius 3 is 2.07 bits per heavy atom. The number of fused-ring (bicyclic) bond motifs is 4. The SMILES string of the molecule is C=CCN(CCC)C(Cc1c(F)c2c(c(OCCCC)c1N(C(=O)OC(C)(C)C)C(=O)OC(C)(C)C)C(O)=C1C(=O)[C@]3(O)C(=O)c4c(OCCCC)noc4[C@@H](N(C)CC)[C@@H]3C[C@@H]1C2)C(=O)O. The number of hydrogen-bond donors (Lipinski definition) is 3. The summed E-state index contributed by atoms with van der Waals surface area (Å²) >= 11 is 0. The van der Waals surface area contributed by atoms with Crippen LogP contribution >= 0.6 is 0 Å². The van der Waals surface area contributed by atoms with Gasteiger partial charge in [0.25, 0.3) is 5.88 Å². The van der Waals surface area contributed by atoms with Crippen LogP contribution in [0.1, 0.15) is 147 Å². The highest BCUT2D eigenvalue weighted by atomic mass is 19.1. The number of nitrogens with zero attached hydrogens (tertiary/aromatic N) is 4. The van der Waals surface area contributed by atoms with Gasteiger partial charge in [0, 0.05) is 35.6 Å². The quantitative estimate of drug-likeness (QED) is 0.0684. The number of aromatic nitrogens is 1. The number of imide groups is 1. The Morgan fingerprint density at radius 1 is 0.955 bits per heavy atom. The molecule has 0 radical (unpaired) electrons. The molecule has 1 heterocycles. The predicted molar refractivity (Wildman–Crippen MR) is 246 cm³/mol. The molecule has 67 heavy (non-hydrogen) atoms. The van der Waals surface area contributed by atoms with Crippen LogP contribution in [0.3, 0.4) is 0 Å². The van der Waals surface area contributed by atoms with E-state index < -0.39 is 117 Å². The van der Waals surface area contributed by atoms with Crippen molar-refractivity contribution in [2.24, 2.45) is 11.8 Å². The van der Waals surface area contributed by atoms with Crippen molar-refractivity contribution >= 4 is 41.2 Å². The van der Waals surface area contributed by atoms with E-state index in [0.717, 1.165) is 6.42 Å². The molecule has 1 saturated carbocycles. The number of aliphatic hydroxyl groups is 2. The van der Waals surface area contributed by atoms with Crippen LogP contribution in [0.4, 0.5) is 19.7 Å². The molecular formula is C49H69FN4O13. The van der Waals surface area contributed by atoms with E-state index in [9.17, 15) is 34.5 Å². The molecule has 1 fully saturated rings. The third kappa shape index (κ3) is 10.4. The molecule has 5 rings (SSSR count). The molecule has 2 amide bonds. The first-order chi connectivity index (χ1) is 31.4. The van der Waals surface area contributed by atoms with Gasteiger partial charge in [0.15, 0.2) is 17.1 Å². The summed E-state index contributed by atoms with van der Waals surface area (Å²) in [5.74, 6) is -8.18. The second-order valence-electron chi connectivity index (χ2n) is 19.5. The maximum absolute atomic E-state index is 18.3. The van der Waals surface area contributed by atoms with Crippen LogP contribution < -0.4 is 14.4 Å². The molecule has 5 atom stereocenters. The molecule has 3 aliphatic carbocycles. The Morgan fingerprint density at radius 2 is 1.55 bits per heavy atom. The molecule has 0 spiro atoms. The number of Topliss-reactive ketones (excluding diaryl/α,β-unsaturated/α-hetero) is 2. The number of ether oxygens (including phenoxy) is 4. The van der Waals surface area contributed by atoms with E-state index in [2.05, 4.69) is 11.7 Å². The van der Waals surface area contributed by atoms with Gasteiger partial charge >= 0.3 is 18.2 Å². The number of halogens is 1. The topological polar surface area (TPSA) is 219 Å². The van der Waals surface area contributed by atoms with Gasteiger partial charge in [-0.2, -0.15) is 4.90 Å². The van der Waals surface area contributed by atoms with Crippen molar-refractivity contribution < 1.29 is 67.2 Å². The number of ketones is 2. The second-order valence-corrected chi connectivity index (χ2v) is 19.5. The van der Waals surface area contributed by atoms with E-state index in [-0.39, 0.29) is 61.9 Å². The Balaban J connectivity index is 1.89. The first-order valence-corrected chi connectivity index (χ1v) is 23.3. The number of anilines is 1. The number of unbranched alkanes of at least 4 members (excludes halogenated alkanes) is 2. The fourth-order valence-corrected chi connectivity index (χ4v) is 9.22. The zero-order chi connectivity index (χ0) is 49.9. The number of benzene rings is 1. The van der Waals surface area contributed by atoms with Gasteiger partial charge in [0.2, 0.25) is 11.6 Å². The van der Waals surface area contributed by atoms with Crippen LogP contribution in [0.2, 0.25) is 0 Å². The van der Waals surface area contributed by atoms with Gasteiger partial charge in [-0.15, -0.1) is 6.58 Å². The summed E-state index contributed by atoms with van der Waals surface area (Å²) in [6.45, 7) is 21.3. The van der Waals surface area contributed by atoms with Gasteiger partial charge in [-0.25, -0.2) is 14.0 Å². The summed E-state index contributed by atoms with van der Waals surface area (Å²) in [7, 11) is 1.73. The van der Waals surface area contributed by atoms with Crippen LogP contribution in [0.15, 0.2) is 22.8 Å². The number of aliphatic hydroxyl groups excluding tert-OH is 1. The fraction of sp³-hybridized carbons (Fsp3) is 0.633. The first-order valence-electron chi connectivity index (χ1n) is 23.3. The normalized spacial score (nSPS) is 20.7. The zero-order valence-electron chi connectivity index (χ0n) is 40.9. The number of carboxylic acids is 1. The van der Waals surface area contributed by atoms with Crippen molar-refractivity contribution in [3.8, 4) is 11.6 Å². The molecule has 0 bridgehead atoms. The van der Waals surface area contributed by atoms with Crippen molar-refractivity contribution in [3.63, 3.8) is 0 Å². The molecule has 0 aliphatic heterocycles. The van der Waals surface area contributed by atoms with Crippen LogP contribution in [-0.2, 0) is 31.9 Å². The average molecular weight is 941 g/mol. The Bertz CT molecular complexity index is 2230. The Kier molecular flexibility index (Phi) is 16.4. The number of aliphatic carboxylic acids is 1. The van der Waals surface area contributed by atoms with Crippen molar-refractivity contribution in [3.05, 3.63) is 52.1 Å². The molecule has 1 aromatic heterocycles. The number of amides is 2. The summed E-state index contributed by atoms with van der Waals surface area (Å²) < 4.78 is 47.8. The maximum Gasteiger partial charge on any atom is 0.424 e. The van der Waals surface area contributed by atoms with E-state index >= 15 is 9.18 Å². The monoisotopic (exact) mass is 940 g/mol. The molecular weight excluding hydrogens is 872 g/mol. The van der Waals surface area contributed by atoms with E-state index in [4.69, 9.17) is 23.5 Å². The predicted octanol–water partition coefficient (Wildman–Crippen LogP) is 8.39. The van der Waals surface area contributed by atoms with Gasteiger partial charge in [0.1, 0.15) is 40.1 Å². The number of rotatable bonds is 19. The highest BCUT2D eigenvalue weighted by Crippen LogP contribution is 2.58. The van der Waals surface area contributed by atoms with E-state index in [0.29, 0.717) is 37.1 Å². The second kappa shape index (κ2) is 20.9. The molecule has 3 aliphatic rings. The maximum atomic E-state index is 18.3. The molecule has 3 N–H and O–H groups in total. The van der Waals surface area contributed by atoms with Gasteiger partial charge in [-0.05, 0) is 105 Å². The summed E-state index contributed by atoms with van der Waals surface area (Å²) in [6, 6.07) is -2.35. The van der Waals surface area contributed by atoms with Crippen molar-refractivity contribution in [1.29, 1.82) is 0 Å². The Hall–Kier alpha value is -5.33. The lowest BCUT2D eigenvalue weighted by Crippen LogP contribution is -2.63. The Labute approximate surface area is 392 Å². The highest BCUT2D eigenvalue weighted by Gasteiger charge is 2.66. The lowest BCUT2D eigenvalue weighted by molar-refractivity contribution is -0.143. The lowest BCUT2D eigenvalue weighted by Gasteiger charge is -2.49. The number of carbonyl (C=O) groups excluding carboxylic acids is 4. The number of carboxylic acid groups (broad SMARTS) is 1. The third-order valence-electron chi connectivity index (χ3n) is 12.3. The summed E-state index contributed by atoms with van der Waals surface area (Å²) in [6.07, 6.45) is 0.601. The lowest BCUT2D eigenvalue weighted by atomic mass is 9.57. The molecule has 1 unspecified atom stereocenters. The smallest absolute Gasteiger partial charge is 0.424 e. The van der Waals surface area contributed by atoms with Gasteiger partial charge in [0.05, 0.1) is 24.8 Å². The highest BCUT2D eigenvalue weighted by molar-refractivity contribution is 6.26. The fourth-order valence-electron chi connectivity index (χ4n) is 9.22. The largest absolute Gasteiger partial charge is 0.507 e. The molecule has 18 heteroatoms. The van der Waals surface area contributed by atoms with Gasteiger partial charge < -0.3 is 38.8 Å². The number of hydrogen-bond acceptors (Lipinski definition) is 15. The molecule has 1 aromatic carbocycles.